The summed E-state index contributed by atoms with van der Waals surface area (Å²) in [6, 6.07) is 0. The highest BCUT2D eigenvalue weighted by Gasteiger charge is 2.12. The van der Waals surface area contributed by atoms with E-state index in [4.69, 9.17) is 0 Å². The fourth-order valence-corrected chi connectivity index (χ4v) is 0.486. The second-order valence-electron chi connectivity index (χ2n) is 1.81. The monoisotopic (exact) mass is 191 g/mol. The number of hydroxylamine groups is 2. The van der Waals surface area contributed by atoms with E-state index in [1.54, 1.807) is 0 Å². The number of hydrogen-bond acceptors (Lipinski definition) is 4. The van der Waals surface area contributed by atoms with Crippen LogP contribution in [0, 0.1) is 0 Å². The maximum absolute atomic E-state index is 10.6. The van der Waals surface area contributed by atoms with Crippen molar-refractivity contribution in [3.63, 3.8) is 0 Å². The average Bonchev–Trinajstić information content (AvgIpc) is 2.16. The quantitative estimate of drug-likeness (QED) is 0.484. The largest absolute Gasteiger partial charge is 0.468 e. The molecule has 1 amide bonds. The SMILES string of the molecule is CC.COC(=O)CN(OC)C(C)=O. The number of amides is 1. The lowest BCUT2D eigenvalue weighted by Gasteiger charge is -2.15. The molecule has 0 heterocycles. The number of hydrogen-bond donors (Lipinski definition) is 0. The second-order valence-corrected chi connectivity index (χ2v) is 1.81. The molecule has 0 radical (unpaired) electrons. The molecule has 0 aromatic rings. The smallest absolute Gasteiger partial charge is 0.328 e. The number of carbonyl (C=O) groups is 2. The zero-order chi connectivity index (χ0) is 10.9. The summed E-state index contributed by atoms with van der Waals surface area (Å²) >= 11 is 0. The van der Waals surface area contributed by atoms with E-state index in [0.29, 0.717) is 0 Å². The fourth-order valence-electron chi connectivity index (χ4n) is 0.486. The van der Waals surface area contributed by atoms with Crippen LogP contribution in [0.25, 0.3) is 0 Å². The van der Waals surface area contributed by atoms with E-state index in [2.05, 4.69) is 9.57 Å². The van der Waals surface area contributed by atoms with Gasteiger partial charge in [-0.15, -0.1) is 0 Å². The topological polar surface area (TPSA) is 55.8 Å². The molecule has 5 nitrogen and oxygen atoms in total. The van der Waals surface area contributed by atoms with Crippen molar-refractivity contribution in [2.24, 2.45) is 0 Å². The number of methoxy groups -OCH3 is 1. The maximum atomic E-state index is 10.6. The third-order valence-electron chi connectivity index (χ3n) is 1.07. The van der Waals surface area contributed by atoms with Crippen LogP contribution in [-0.4, -0.2) is 37.7 Å². The molecule has 5 heteroatoms. The van der Waals surface area contributed by atoms with Crippen molar-refractivity contribution in [2.45, 2.75) is 20.8 Å². The van der Waals surface area contributed by atoms with Gasteiger partial charge in [0.05, 0.1) is 14.2 Å². The number of nitrogens with zero attached hydrogens (tertiary/aromatic N) is 1. The van der Waals surface area contributed by atoms with Gasteiger partial charge >= 0.3 is 5.97 Å². The summed E-state index contributed by atoms with van der Waals surface area (Å²) in [7, 11) is 2.56. The van der Waals surface area contributed by atoms with Crippen LogP contribution < -0.4 is 0 Å². The van der Waals surface area contributed by atoms with Gasteiger partial charge < -0.3 is 4.74 Å². The minimum absolute atomic E-state index is 0.178. The molecule has 0 aliphatic rings. The predicted molar refractivity (Wildman–Crippen MR) is 47.8 cm³/mol. The third kappa shape index (κ3) is 7.27. The molecule has 0 rings (SSSR count). The van der Waals surface area contributed by atoms with E-state index in [-0.39, 0.29) is 12.5 Å². The lowest BCUT2D eigenvalue weighted by atomic mass is 10.6. The molecule has 0 aliphatic carbocycles. The van der Waals surface area contributed by atoms with Gasteiger partial charge in [0.15, 0.2) is 0 Å². The van der Waals surface area contributed by atoms with Crippen molar-refractivity contribution in [3.8, 4) is 0 Å². The Balaban J connectivity index is 0. The van der Waals surface area contributed by atoms with Gasteiger partial charge in [-0.25, -0.2) is 5.06 Å². The molecule has 0 saturated heterocycles. The van der Waals surface area contributed by atoms with Gasteiger partial charge in [-0.3, -0.25) is 14.4 Å². The van der Waals surface area contributed by atoms with E-state index >= 15 is 0 Å². The first-order valence-corrected chi connectivity index (χ1v) is 4.00. The number of esters is 1. The molecular weight excluding hydrogens is 174 g/mol. The zero-order valence-electron chi connectivity index (χ0n) is 8.79. The molecule has 0 unspecified atom stereocenters. The van der Waals surface area contributed by atoms with Crippen LogP contribution in [0.1, 0.15) is 20.8 Å². The summed E-state index contributed by atoms with van der Waals surface area (Å²) < 4.78 is 4.32. The lowest BCUT2D eigenvalue weighted by Crippen LogP contribution is -2.33. The van der Waals surface area contributed by atoms with Crippen LogP contribution in [0.5, 0.6) is 0 Å². The van der Waals surface area contributed by atoms with Crippen LogP contribution in [0.15, 0.2) is 0 Å². The summed E-state index contributed by atoms with van der Waals surface area (Å²) in [6.45, 7) is 5.12. The average molecular weight is 191 g/mol. The minimum atomic E-state index is -0.512. The zero-order valence-corrected chi connectivity index (χ0v) is 8.79. The molecule has 78 valence electrons. The van der Waals surface area contributed by atoms with Gasteiger partial charge in [0, 0.05) is 6.92 Å². The Morgan fingerprint density at radius 1 is 1.23 bits per heavy atom. The molecule has 0 fully saturated rings. The first-order chi connectivity index (χ1) is 6.11. The highest BCUT2D eigenvalue weighted by atomic mass is 16.7. The van der Waals surface area contributed by atoms with Gasteiger partial charge in [-0.1, -0.05) is 13.8 Å². The first kappa shape index (κ1) is 14.4. The van der Waals surface area contributed by atoms with E-state index in [9.17, 15) is 9.59 Å². The summed E-state index contributed by atoms with van der Waals surface area (Å²) in [6.07, 6.45) is 0. The minimum Gasteiger partial charge on any atom is -0.468 e. The van der Waals surface area contributed by atoms with Crippen molar-refractivity contribution < 1.29 is 19.2 Å². The van der Waals surface area contributed by atoms with Gasteiger partial charge in [0.2, 0.25) is 5.91 Å². The van der Waals surface area contributed by atoms with Crippen molar-refractivity contribution >= 4 is 11.9 Å². The highest BCUT2D eigenvalue weighted by Crippen LogP contribution is 1.89. The second kappa shape index (κ2) is 8.99. The van der Waals surface area contributed by atoms with E-state index in [0.717, 1.165) is 5.06 Å². The summed E-state index contributed by atoms with van der Waals surface area (Å²) in [4.78, 5) is 25.8. The van der Waals surface area contributed by atoms with Crippen LogP contribution >= 0.6 is 0 Å². The van der Waals surface area contributed by atoms with Gasteiger partial charge in [0.25, 0.3) is 0 Å². The summed E-state index contributed by atoms with van der Waals surface area (Å²) in [5, 5.41) is 0.909. The van der Waals surface area contributed by atoms with Crippen LogP contribution in [-0.2, 0) is 19.2 Å². The molecule has 0 bridgehead atoms. The van der Waals surface area contributed by atoms with Crippen molar-refractivity contribution in [1.29, 1.82) is 0 Å². The first-order valence-electron chi connectivity index (χ1n) is 4.00. The molecule has 0 spiro atoms. The highest BCUT2D eigenvalue weighted by molar-refractivity contribution is 5.79. The molecule has 0 aromatic carbocycles. The molecular formula is C8H17NO4. The Bertz CT molecular complexity index is 158. The molecule has 0 atom stereocenters. The van der Waals surface area contributed by atoms with Crippen molar-refractivity contribution in [3.05, 3.63) is 0 Å². The van der Waals surface area contributed by atoms with Gasteiger partial charge in [-0.05, 0) is 0 Å². The molecule has 13 heavy (non-hydrogen) atoms. The maximum Gasteiger partial charge on any atom is 0.328 e. The van der Waals surface area contributed by atoms with Gasteiger partial charge in [-0.2, -0.15) is 0 Å². The number of carbonyl (C=O) groups excluding carboxylic acids is 2. The Kier molecular flexibility index (Phi) is 9.98. The predicted octanol–water partition coefficient (Wildman–Crippen LogP) is 0.596. The third-order valence-corrected chi connectivity index (χ3v) is 1.07. The van der Waals surface area contributed by atoms with E-state index in [1.807, 2.05) is 13.8 Å². The summed E-state index contributed by atoms with van der Waals surface area (Å²) in [5.41, 5.74) is 0. The molecule has 0 aromatic heterocycles. The number of rotatable bonds is 3. The fraction of sp³-hybridized carbons (Fsp3) is 0.750. The van der Waals surface area contributed by atoms with Gasteiger partial charge in [0.1, 0.15) is 6.54 Å². The normalized spacial score (nSPS) is 8.08. The van der Waals surface area contributed by atoms with Crippen LogP contribution in [0.2, 0.25) is 0 Å². The summed E-state index contributed by atoms with van der Waals surface area (Å²) in [5.74, 6) is -0.847. The Morgan fingerprint density at radius 2 is 1.69 bits per heavy atom. The number of ether oxygens (including phenoxy) is 1. The Hall–Kier alpha value is -1.10. The van der Waals surface area contributed by atoms with Crippen LogP contribution in [0.3, 0.4) is 0 Å². The van der Waals surface area contributed by atoms with Crippen molar-refractivity contribution in [1.82, 2.24) is 5.06 Å². The molecule has 0 N–H and O–H groups in total. The van der Waals surface area contributed by atoms with Crippen molar-refractivity contribution in [2.75, 3.05) is 20.8 Å². The lowest BCUT2D eigenvalue weighted by molar-refractivity contribution is -0.182. The standard InChI is InChI=1S/C6H11NO4.C2H6/c1-5(8)7(11-3)4-6(9)10-2;1-2/h4H2,1-3H3;1-2H3. The molecule has 0 saturated carbocycles. The molecule has 0 aliphatic heterocycles. The van der Waals surface area contributed by atoms with E-state index in [1.165, 1.54) is 21.1 Å². The van der Waals surface area contributed by atoms with Crippen LogP contribution in [0.4, 0.5) is 0 Å². The van der Waals surface area contributed by atoms with E-state index < -0.39 is 5.97 Å². The Morgan fingerprint density at radius 3 is 1.92 bits per heavy atom. The Labute approximate surface area is 78.6 Å².